The van der Waals surface area contributed by atoms with Crippen LogP contribution in [0.3, 0.4) is 0 Å². The SMILES string of the molecule is Cc1cc(Oc2ccc(Cl)cc2)c(Br)cc1N. The maximum absolute atomic E-state index is 5.81. The van der Waals surface area contributed by atoms with E-state index in [0.717, 1.165) is 27.2 Å². The predicted molar refractivity (Wildman–Crippen MR) is 74.8 cm³/mol. The second-order valence-corrected chi connectivity index (χ2v) is 4.99. The number of hydrogen-bond acceptors (Lipinski definition) is 2. The summed E-state index contributed by atoms with van der Waals surface area (Å²) in [5.41, 5.74) is 7.52. The minimum absolute atomic E-state index is 0.685. The van der Waals surface area contributed by atoms with Gasteiger partial charge < -0.3 is 10.5 Å². The number of rotatable bonds is 2. The standard InChI is InChI=1S/C13H11BrClNO/c1-8-6-13(11(14)7-12(8)16)17-10-4-2-9(15)3-5-10/h2-7H,16H2,1H3. The minimum atomic E-state index is 0.685. The van der Waals surface area contributed by atoms with Crippen molar-refractivity contribution >= 4 is 33.2 Å². The van der Waals surface area contributed by atoms with Gasteiger partial charge in [0, 0.05) is 10.7 Å². The van der Waals surface area contributed by atoms with E-state index in [2.05, 4.69) is 15.9 Å². The van der Waals surface area contributed by atoms with Crippen LogP contribution in [0.15, 0.2) is 40.9 Å². The Hall–Kier alpha value is -1.19. The Kier molecular flexibility index (Phi) is 3.60. The van der Waals surface area contributed by atoms with Crippen molar-refractivity contribution in [3.05, 3.63) is 51.5 Å². The molecule has 0 aliphatic rings. The Morgan fingerprint density at radius 2 is 1.82 bits per heavy atom. The van der Waals surface area contributed by atoms with E-state index in [0.29, 0.717) is 5.02 Å². The molecule has 0 bridgehead atoms. The van der Waals surface area contributed by atoms with Crippen LogP contribution in [-0.2, 0) is 0 Å². The molecule has 0 saturated carbocycles. The molecule has 2 rings (SSSR count). The van der Waals surface area contributed by atoms with E-state index in [1.54, 1.807) is 12.1 Å². The minimum Gasteiger partial charge on any atom is -0.456 e. The van der Waals surface area contributed by atoms with Crippen molar-refractivity contribution in [2.75, 3.05) is 5.73 Å². The molecule has 0 heterocycles. The molecule has 0 saturated heterocycles. The van der Waals surface area contributed by atoms with Gasteiger partial charge in [-0.3, -0.25) is 0 Å². The smallest absolute Gasteiger partial charge is 0.142 e. The lowest BCUT2D eigenvalue weighted by atomic mass is 10.2. The normalized spacial score (nSPS) is 10.3. The molecule has 0 aromatic heterocycles. The number of benzene rings is 2. The van der Waals surface area contributed by atoms with Crippen molar-refractivity contribution in [1.82, 2.24) is 0 Å². The molecule has 0 spiro atoms. The second-order valence-electron chi connectivity index (χ2n) is 3.70. The van der Waals surface area contributed by atoms with E-state index in [-0.39, 0.29) is 0 Å². The van der Waals surface area contributed by atoms with Crippen molar-refractivity contribution in [1.29, 1.82) is 0 Å². The summed E-state index contributed by atoms with van der Waals surface area (Å²) in [7, 11) is 0. The number of nitrogens with two attached hydrogens (primary N) is 1. The van der Waals surface area contributed by atoms with E-state index in [1.807, 2.05) is 31.2 Å². The van der Waals surface area contributed by atoms with Gasteiger partial charge in [0.05, 0.1) is 4.47 Å². The second kappa shape index (κ2) is 4.98. The average Bonchev–Trinajstić information content (AvgIpc) is 2.29. The summed E-state index contributed by atoms with van der Waals surface area (Å²) in [5, 5.41) is 0.685. The Bertz CT molecular complexity index is 540. The van der Waals surface area contributed by atoms with E-state index in [1.165, 1.54) is 0 Å². The van der Waals surface area contributed by atoms with Crippen molar-refractivity contribution in [2.45, 2.75) is 6.92 Å². The first-order chi connectivity index (χ1) is 8.06. The van der Waals surface area contributed by atoms with E-state index in [9.17, 15) is 0 Å². The summed E-state index contributed by atoms with van der Waals surface area (Å²) in [6.07, 6.45) is 0. The van der Waals surface area contributed by atoms with Crippen LogP contribution in [0.1, 0.15) is 5.56 Å². The molecule has 2 aromatic rings. The molecule has 0 unspecified atom stereocenters. The summed E-state index contributed by atoms with van der Waals surface area (Å²) in [4.78, 5) is 0. The van der Waals surface area contributed by atoms with E-state index < -0.39 is 0 Å². The van der Waals surface area contributed by atoms with Crippen LogP contribution < -0.4 is 10.5 Å². The van der Waals surface area contributed by atoms with Crippen LogP contribution in [0.25, 0.3) is 0 Å². The highest BCUT2D eigenvalue weighted by molar-refractivity contribution is 9.10. The van der Waals surface area contributed by atoms with Gasteiger partial charge in [0.2, 0.25) is 0 Å². The number of hydrogen-bond donors (Lipinski definition) is 1. The number of anilines is 1. The van der Waals surface area contributed by atoms with Crippen molar-refractivity contribution in [3.8, 4) is 11.5 Å². The molecule has 4 heteroatoms. The Labute approximate surface area is 113 Å². The fourth-order valence-electron chi connectivity index (χ4n) is 1.38. The summed E-state index contributed by atoms with van der Waals surface area (Å²) in [6, 6.07) is 10.9. The van der Waals surface area contributed by atoms with E-state index >= 15 is 0 Å². The Morgan fingerprint density at radius 1 is 1.18 bits per heavy atom. The van der Waals surface area contributed by atoms with Gasteiger partial charge in [0.15, 0.2) is 0 Å². The Morgan fingerprint density at radius 3 is 2.47 bits per heavy atom. The molecule has 2 aromatic carbocycles. The monoisotopic (exact) mass is 311 g/mol. The molecule has 2 N–H and O–H groups in total. The highest BCUT2D eigenvalue weighted by Crippen LogP contribution is 2.33. The quantitative estimate of drug-likeness (QED) is 0.810. The summed E-state index contributed by atoms with van der Waals surface area (Å²) >= 11 is 9.23. The Balaban J connectivity index is 2.30. The predicted octanol–water partition coefficient (Wildman–Crippen LogP) is 4.79. The first-order valence-electron chi connectivity index (χ1n) is 5.05. The van der Waals surface area contributed by atoms with Gasteiger partial charge in [-0.1, -0.05) is 11.6 Å². The maximum Gasteiger partial charge on any atom is 0.142 e. The average molecular weight is 313 g/mol. The summed E-state index contributed by atoms with van der Waals surface area (Å²) < 4.78 is 6.57. The van der Waals surface area contributed by atoms with Crippen molar-refractivity contribution in [2.24, 2.45) is 0 Å². The summed E-state index contributed by atoms with van der Waals surface area (Å²) in [6.45, 7) is 1.94. The third-order valence-electron chi connectivity index (χ3n) is 2.36. The third-order valence-corrected chi connectivity index (χ3v) is 3.23. The fourth-order valence-corrected chi connectivity index (χ4v) is 1.95. The molecule has 0 fully saturated rings. The topological polar surface area (TPSA) is 35.2 Å². The zero-order valence-electron chi connectivity index (χ0n) is 9.21. The molecule has 0 amide bonds. The number of aryl methyl sites for hydroxylation is 1. The van der Waals surface area contributed by atoms with Crippen LogP contribution in [0.5, 0.6) is 11.5 Å². The molecular formula is C13H11BrClNO. The lowest BCUT2D eigenvalue weighted by Crippen LogP contribution is -1.92. The maximum atomic E-state index is 5.81. The highest BCUT2D eigenvalue weighted by Gasteiger charge is 2.06. The van der Waals surface area contributed by atoms with Crippen LogP contribution in [0.2, 0.25) is 5.02 Å². The zero-order chi connectivity index (χ0) is 12.4. The van der Waals surface area contributed by atoms with Crippen LogP contribution >= 0.6 is 27.5 Å². The summed E-state index contributed by atoms with van der Waals surface area (Å²) in [5.74, 6) is 1.47. The highest BCUT2D eigenvalue weighted by atomic mass is 79.9. The van der Waals surface area contributed by atoms with Crippen LogP contribution in [0, 0.1) is 6.92 Å². The lowest BCUT2D eigenvalue weighted by Gasteiger charge is -2.10. The van der Waals surface area contributed by atoms with Gasteiger partial charge in [-0.2, -0.15) is 0 Å². The van der Waals surface area contributed by atoms with Gasteiger partial charge >= 0.3 is 0 Å². The third kappa shape index (κ3) is 2.93. The zero-order valence-corrected chi connectivity index (χ0v) is 11.5. The lowest BCUT2D eigenvalue weighted by molar-refractivity contribution is 0.479. The molecule has 0 aliphatic carbocycles. The first-order valence-corrected chi connectivity index (χ1v) is 6.22. The van der Waals surface area contributed by atoms with Gasteiger partial charge in [-0.15, -0.1) is 0 Å². The largest absolute Gasteiger partial charge is 0.456 e. The molecule has 0 atom stereocenters. The fraction of sp³-hybridized carbons (Fsp3) is 0.0769. The van der Waals surface area contributed by atoms with Gasteiger partial charge in [0.1, 0.15) is 11.5 Å². The van der Waals surface area contributed by atoms with Gasteiger partial charge in [0.25, 0.3) is 0 Å². The molecule has 0 aliphatic heterocycles. The number of ether oxygens (including phenoxy) is 1. The van der Waals surface area contributed by atoms with Crippen molar-refractivity contribution in [3.63, 3.8) is 0 Å². The van der Waals surface area contributed by atoms with Gasteiger partial charge in [-0.25, -0.2) is 0 Å². The van der Waals surface area contributed by atoms with Gasteiger partial charge in [-0.05, 0) is 64.8 Å². The van der Waals surface area contributed by atoms with Crippen LogP contribution in [0.4, 0.5) is 5.69 Å². The molecular weight excluding hydrogens is 302 g/mol. The molecule has 17 heavy (non-hydrogen) atoms. The van der Waals surface area contributed by atoms with Crippen molar-refractivity contribution < 1.29 is 4.74 Å². The number of halogens is 2. The van der Waals surface area contributed by atoms with E-state index in [4.69, 9.17) is 22.1 Å². The first kappa shape index (κ1) is 12.3. The van der Waals surface area contributed by atoms with Crippen LogP contribution in [-0.4, -0.2) is 0 Å². The number of nitrogen functional groups attached to an aromatic ring is 1. The molecule has 88 valence electrons. The molecule has 0 radical (unpaired) electrons. The molecule has 2 nitrogen and oxygen atoms in total.